The molecule has 1 N–H and O–H groups in total. The minimum atomic E-state index is 0.0848. The number of carbonyl (C=O) groups is 2. The van der Waals surface area contributed by atoms with Crippen molar-refractivity contribution in [3.63, 3.8) is 0 Å². The van der Waals surface area contributed by atoms with Crippen LogP contribution in [0.15, 0.2) is 12.3 Å². The maximum Gasteiger partial charge on any atom is 0.274 e. The number of hydrogen-bond acceptors (Lipinski definition) is 4. The zero-order valence-electron chi connectivity index (χ0n) is 19.5. The Labute approximate surface area is 191 Å². The number of nitrogens with zero attached hydrogens (tertiary/aromatic N) is 4. The summed E-state index contributed by atoms with van der Waals surface area (Å²) in [6.45, 7) is 6.92. The average molecular weight is 442 g/mol. The molecule has 0 aromatic carbocycles. The molecule has 7 heteroatoms. The van der Waals surface area contributed by atoms with E-state index < -0.39 is 0 Å². The summed E-state index contributed by atoms with van der Waals surface area (Å²) in [5.74, 6) is 2.07. The molecule has 1 saturated carbocycles. The molecule has 1 aliphatic carbocycles. The number of piperidine rings is 3. The van der Waals surface area contributed by atoms with Gasteiger partial charge in [-0.15, -0.1) is 0 Å². The van der Waals surface area contributed by atoms with Gasteiger partial charge in [-0.25, -0.2) is 0 Å². The summed E-state index contributed by atoms with van der Waals surface area (Å²) in [4.78, 5) is 30.8. The van der Waals surface area contributed by atoms with Crippen LogP contribution in [0.25, 0.3) is 0 Å². The summed E-state index contributed by atoms with van der Waals surface area (Å²) >= 11 is 0. The molecule has 1 aromatic rings. The Kier molecular flexibility index (Phi) is 6.54. The number of rotatable bonds is 8. The fourth-order valence-corrected chi connectivity index (χ4v) is 6.54. The molecule has 0 bridgehead atoms. The Hall–Kier alpha value is -1.89. The van der Waals surface area contributed by atoms with E-state index in [1.54, 1.807) is 0 Å². The largest absolute Gasteiger partial charge is 0.356 e. The van der Waals surface area contributed by atoms with Gasteiger partial charge in [0.15, 0.2) is 0 Å². The zero-order chi connectivity index (χ0) is 22.1. The fourth-order valence-electron chi connectivity index (χ4n) is 6.54. The van der Waals surface area contributed by atoms with Crippen molar-refractivity contribution in [3.05, 3.63) is 18.0 Å². The number of aromatic nitrogens is 2. The van der Waals surface area contributed by atoms with Gasteiger partial charge in [0, 0.05) is 44.3 Å². The molecule has 2 amide bonds. The highest BCUT2D eigenvalue weighted by molar-refractivity contribution is 5.92. The van der Waals surface area contributed by atoms with Crippen LogP contribution in [0.3, 0.4) is 0 Å². The summed E-state index contributed by atoms with van der Waals surface area (Å²) in [6.07, 6.45) is 11.6. The molecule has 0 radical (unpaired) electrons. The highest BCUT2D eigenvalue weighted by atomic mass is 16.2. The van der Waals surface area contributed by atoms with Crippen molar-refractivity contribution in [1.29, 1.82) is 0 Å². The standard InChI is InChI=1S/C25H39N5O2/c1-2-29-15-12-21(27-29)25(32)30-17-19-6-4-13-28-14-5-7-20(24(19)28)22(30)8-3-9-23(31)26-16-18-10-11-18/h12,15,18-20,22,24H,2-11,13-14,16-17H2,1H3,(H,26,31)/t19-,20+,22+,24-/m0/s1. The molecule has 5 rings (SSSR count). The number of aryl methyl sites for hydroxylation is 1. The molecule has 4 atom stereocenters. The SMILES string of the molecule is CCn1ccc(C(=O)N2C[C@@H]3CCCN4CCC[C@@H]([C@H]34)[C@H]2CCCC(=O)NCC2CC2)n1. The average Bonchev–Trinajstić information content (AvgIpc) is 3.52. The van der Waals surface area contributed by atoms with Crippen LogP contribution in [0.4, 0.5) is 0 Å². The lowest BCUT2D eigenvalue weighted by atomic mass is 9.69. The first kappa shape index (κ1) is 21.9. The van der Waals surface area contributed by atoms with E-state index in [0.29, 0.717) is 35.9 Å². The molecule has 4 heterocycles. The van der Waals surface area contributed by atoms with E-state index in [-0.39, 0.29) is 17.9 Å². The molecule has 0 spiro atoms. The molecule has 0 unspecified atom stereocenters. The summed E-state index contributed by atoms with van der Waals surface area (Å²) < 4.78 is 1.84. The lowest BCUT2D eigenvalue weighted by molar-refractivity contribution is -0.121. The second-order valence-electron chi connectivity index (χ2n) is 10.5. The van der Waals surface area contributed by atoms with Gasteiger partial charge in [-0.2, -0.15) is 5.10 Å². The molecule has 3 saturated heterocycles. The topological polar surface area (TPSA) is 70.5 Å². The van der Waals surface area contributed by atoms with Crippen LogP contribution in [0, 0.1) is 17.8 Å². The molecule has 4 aliphatic rings. The van der Waals surface area contributed by atoms with Gasteiger partial charge in [-0.1, -0.05) is 0 Å². The smallest absolute Gasteiger partial charge is 0.274 e. The Morgan fingerprint density at radius 2 is 1.97 bits per heavy atom. The minimum Gasteiger partial charge on any atom is -0.356 e. The fraction of sp³-hybridized carbons (Fsp3) is 0.800. The Balaban J connectivity index is 1.30. The van der Waals surface area contributed by atoms with Gasteiger partial charge in [0.1, 0.15) is 5.69 Å². The van der Waals surface area contributed by atoms with E-state index in [9.17, 15) is 9.59 Å². The molecule has 32 heavy (non-hydrogen) atoms. The van der Waals surface area contributed by atoms with Gasteiger partial charge in [-0.3, -0.25) is 19.2 Å². The molecule has 176 valence electrons. The monoisotopic (exact) mass is 441 g/mol. The number of amides is 2. The second-order valence-corrected chi connectivity index (χ2v) is 10.5. The molecule has 3 aliphatic heterocycles. The van der Waals surface area contributed by atoms with Crippen LogP contribution in [-0.2, 0) is 11.3 Å². The van der Waals surface area contributed by atoms with E-state index >= 15 is 0 Å². The summed E-state index contributed by atoms with van der Waals surface area (Å²) in [6, 6.07) is 2.70. The Bertz CT molecular complexity index is 817. The quantitative estimate of drug-likeness (QED) is 0.673. The Morgan fingerprint density at radius 3 is 2.72 bits per heavy atom. The van der Waals surface area contributed by atoms with Crippen LogP contribution >= 0.6 is 0 Å². The second kappa shape index (κ2) is 9.54. The van der Waals surface area contributed by atoms with Gasteiger partial charge in [-0.05, 0) is 95.2 Å². The first-order valence-corrected chi connectivity index (χ1v) is 13.0. The Morgan fingerprint density at radius 1 is 1.16 bits per heavy atom. The van der Waals surface area contributed by atoms with Crippen molar-refractivity contribution in [2.24, 2.45) is 17.8 Å². The van der Waals surface area contributed by atoms with Crippen molar-refractivity contribution >= 4 is 11.8 Å². The summed E-state index contributed by atoms with van der Waals surface area (Å²) in [5.41, 5.74) is 0.570. The number of nitrogens with one attached hydrogen (secondary N) is 1. The molecule has 4 fully saturated rings. The number of hydrogen-bond donors (Lipinski definition) is 1. The van der Waals surface area contributed by atoms with Crippen molar-refractivity contribution in [2.75, 3.05) is 26.2 Å². The van der Waals surface area contributed by atoms with E-state index in [0.717, 1.165) is 32.5 Å². The van der Waals surface area contributed by atoms with E-state index in [4.69, 9.17) is 0 Å². The zero-order valence-corrected chi connectivity index (χ0v) is 19.5. The van der Waals surface area contributed by atoms with Crippen molar-refractivity contribution < 1.29 is 9.59 Å². The predicted octanol–water partition coefficient (Wildman–Crippen LogP) is 2.91. The van der Waals surface area contributed by atoms with Crippen LogP contribution in [0.1, 0.15) is 75.2 Å². The van der Waals surface area contributed by atoms with Gasteiger partial charge in [0.25, 0.3) is 5.91 Å². The van der Waals surface area contributed by atoms with Crippen LogP contribution in [-0.4, -0.2) is 69.7 Å². The molecular weight excluding hydrogens is 402 g/mol. The number of likely N-dealkylation sites (tertiary alicyclic amines) is 1. The van der Waals surface area contributed by atoms with Gasteiger partial charge < -0.3 is 10.2 Å². The molecular formula is C25H39N5O2. The molecule has 7 nitrogen and oxygen atoms in total. The third kappa shape index (κ3) is 4.59. The normalized spacial score (nSPS) is 30.1. The van der Waals surface area contributed by atoms with Gasteiger partial charge in [0.05, 0.1) is 0 Å². The highest BCUT2D eigenvalue weighted by Crippen LogP contribution is 2.43. The first-order chi connectivity index (χ1) is 15.6. The minimum absolute atomic E-state index is 0.0848. The summed E-state index contributed by atoms with van der Waals surface area (Å²) in [7, 11) is 0. The third-order valence-electron chi connectivity index (χ3n) is 8.31. The van der Waals surface area contributed by atoms with E-state index in [1.165, 1.54) is 51.6 Å². The lowest BCUT2D eigenvalue weighted by Crippen LogP contribution is -2.65. The van der Waals surface area contributed by atoms with E-state index in [1.807, 2.05) is 23.9 Å². The van der Waals surface area contributed by atoms with Crippen molar-refractivity contribution in [1.82, 2.24) is 24.9 Å². The van der Waals surface area contributed by atoms with Crippen LogP contribution in [0.2, 0.25) is 0 Å². The van der Waals surface area contributed by atoms with Crippen molar-refractivity contribution in [3.8, 4) is 0 Å². The summed E-state index contributed by atoms with van der Waals surface area (Å²) in [5, 5.41) is 7.63. The number of carbonyl (C=O) groups excluding carboxylic acids is 2. The predicted molar refractivity (Wildman–Crippen MR) is 123 cm³/mol. The maximum atomic E-state index is 13.6. The third-order valence-corrected chi connectivity index (χ3v) is 8.31. The first-order valence-electron chi connectivity index (χ1n) is 13.0. The lowest BCUT2D eigenvalue weighted by Gasteiger charge is -2.57. The van der Waals surface area contributed by atoms with Gasteiger partial charge >= 0.3 is 0 Å². The van der Waals surface area contributed by atoms with Crippen molar-refractivity contribution in [2.45, 2.75) is 83.3 Å². The van der Waals surface area contributed by atoms with Gasteiger partial charge in [0.2, 0.25) is 5.91 Å². The molecule has 1 aromatic heterocycles. The highest BCUT2D eigenvalue weighted by Gasteiger charge is 2.49. The van der Waals surface area contributed by atoms with Crippen LogP contribution in [0.5, 0.6) is 0 Å². The van der Waals surface area contributed by atoms with Crippen LogP contribution < -0.4 is 5.32 Å². The van der Waals surface area contributed by atoms with E-state index in [2.05, 4.69) is 20.2 Å². The maximum absolute atomic E-state index is 13.6.